The van der Waals surface area contributed by atoms with Gasteiger partial charge in [0.25, 0.3) is 0 Å². The van der Waals surface area contributed by atoms with Gasteiger partial charge in [-0.1, -0.05) is 48.2 Å². The van der Waals surface area contributed by atoms with Crippen molar-refractivity contribution in [3.63, 3.8) is 0 Å². The summed E-state index contributed by atoms with van der Waals surface area (Å²) >= 11 is 5.11. The van der Waals surface area contributed by atoms with Crippen molar-refractivity contribution in [1.29, 1.82) is 0 Å². The van der Waals surface area contributed by atoms with E-state index in [4.69, 9.17) is 4.98 Å². The molecule has 3 aromatic heterocycles. The molecule has 25 heavy (non-hydrogen) atoms. The van der Waals surface area contributed by atoms with Gasteiger partial charge in [0.1, 0.15) is 10.8 Å². The second kappa shape index (κ2) is 7.51. The van der Waals surface area contributed by atoms with Crippen molar-refractivity contribution in [2.24, 2.45) is 7.05 Å². The molecule has 4 aromatic rings. The van der Waals surface area contributed by atoms with Gasteiger partial charge >= 0.3 is 0 Å². The van der Waals surface area contributed by atoms with Crippen LogP contribution >= 0.6 is 34.4 Å². The minimum Gasteiger partial charge on any atom is -0.309 e. The summed E-state index contributed by atoms with van der Waals surface area (Å²) in [5, 5.41) is 14.9. The summed E-state index contributed by atoms with van der Waals surface area (Å²) in [6.45, 7) is 0. The number of thioether (sulfide) groups is 1. The molecule has 0 saturated heterocycles. The lowest BCUT2D eigenvalue weighted by atomic mass is 10.2. The van der Waals surface area contributed by atoms with Crippen LogP contribution in [0.5, 0.6) is 0 Å². The van der Waals surface area contributed by atoms with E-state index >= 15 is 0 Å². The summed E-state index contributed by atoms with van der Waals surface area (Å²) in [6, 6.07) is 14.5. The number of thiophene rings is 1. The van der Waals surface area contributed by atoms with Gasteiger partial charge in [0.2, 0.25) is 0 Å². The summed E-state index contributed by atoms with van der Waals surface area (Å²) in [7, 11) is 2.03. The first-order valence-corrected chi connectivity index (χ1v) is 10.6. The molecule has 7 heteroatoms. The number of benzene rings is 1. The first kappa shape index (κ1) is 16.5. The zero-order valence-corrected chi connectivity index (χ0v) is 16.1. The van der Waals surface area contributed by atoms with Gasteiger partial charge in [0.05, 0.1) is 5.69 Å². The summed E-state index contributed by atoms with van der Waals surface area (Å²) in [4.78, 5) is 6.04. The van der Waals surface area contributed by atoms with E-state index in [1.807, 2.05) is 25.2 Å². The topological polar surface area (TPSA) is 43.6 Å². The maximum atomic E-state index is 4.73. The third-order valence-corrected chi connectivity index (χ3v) is 6.63. The third kappa shape index (κ3) is 3.84. The van der Waals surface area contributed by atoms with Crippen LogP contribution in [0.25, 0.3) is 10.6 Å². The molecular formula is C18H16N4S3. The predicted octanol–water partition coefficient (Wildman–Crippen LogP) is 4.88. The Hall–Kier alpha value is -1.96. The number of aromatic nitrogens is 4. The van der Waals surface area contributed by atoms with Crippen molar-refractivity contribution >= 4 is 34.4 Å². The van der Waals surface area contributed by atoms with Gasteiger partial charge in [0, 0.05) is 35.0 Å². The fourth-order valence-electron chi connectivity index (χ4n) is 2.42. The summed E-state index contributed by atoms with van der Waals surface area (Å²) < 4.78 is 2.08. The lowest BCUT2D eigenvalue weighted by molar-refractivity contribution is 0.750. The van der Waals surface area contributed by atoms with Crippen LogP contribution < -0.4 is 0 Å². The Morgan fingerprint density at radius 3 is 2.72 bits per heavy atom. The molecule has 0 N–H and O–H groups in total. The van der Waals surface area contributed by atoms with Crippen LogP contribution in [0.15, 0.2) is 58.4 Å². The maximum absolute atomic E-state index is 4.73. The molecule has 0 amide bonds. The van der Waals surface area contributed by atoms with Gasteiger partial charge in [-0.2, -0.15) is 0 Å². The number of hydrogen-bond acceptors (Lipinski definition) is 6. The van der Waals surface area contributed by atoms with Crippen LogP contribution in [-0.2, 0) is 19.2 Å². The van der Waals surface area contributed by atoms with Gasteiger partial charge in [-0.05, 0) is 11.4 Å². The van der Waals surface area contributed by atoms with Gasteiger partial charge in [-0.25, -0.2) is 4.98 Å². The van der Waals surface area contributed by atoms with Crippen molar-refractivity contribution in [3.8, 4) is 10.6 Å². The highest BCUT2D eigenvalue weighted by Crippen LogP contribution is 2.27. The van der Waals surface area contributed by atoms with E-state index < -0.39 is 0 Å². The average Bonchev–Trinajstić information content (AvgIpc) is 3.38. The second-order valence-corrected chi connectivity index (χ2v) is 8.35. The Morgan fingerprint density at radius 1 is 1.04 bits per heavy atom. The maximum Gasteiger partial charge on any atom is 0.191 e. The Bertz CT molecular complexity index is 942. The largest absolute Gasteiger partial charge is 0.309 e. The molecule has 126 valence electrons. The molecule has 0 radical (unpaired) electrons. The highest BCUT2D eigenvalue weighted by atomic mass is 32.2. The Balaban J connectivity index is 1.42. The zero-order valence-electron chi connectivity index (χ0n) is 13.6. The Kier molecular flexibility index (Phi) is 4.96. The van der Waals surface area contributed by atoms with Crippen molar-refractivity contribution in [1.82, 2.24) is 19.7 Å². The highest BCUT2D eigenvalue weighted by Gasteiger charge is 2.12. The fraction of sp³-hybridized carbons (Fsp3) is 0.167. The lowest BCUT2D eigenvalue weighted by Gasteiger charge is -2.02. The predicted molar refractivity (Wildman–Crippen MR) is 105 cm³/mol. The number of nitrogens with zero attached hydrogens (tertiary/aromatic N) is 4. The molecular weight excluding hydrogens is 368 g/mol. The van der Waals surface area contributed by atoms with Crippen molar-refractivity contribution in [2.45, 2.75) is 17.3 Å². The standard InChI is InChI=1S/C18H16N4S3/c1-22-16(10-15-8-5-9-23-15)20-21-18(22)25-12-14-11-24-17(19-14)13-6-3-2-4-7-13/h2-9,11H,10,12H2,1H3. The van der Waals surface area contributed by atoms with Gasteiger partial charge < -0.3 is 4.57 Å². The van der Waals surface area contributed by atoms with E-state index in [9.17, 15) is 0 Å². The fourth-order valence-corrected chi connectivity index (χ4v) is 4.87. The molecule has 0 fully saturated rings. The van der Waals surface area contributed by atoms with E-state index in [0.29, 0.717) is 0 Å². The van der Waals surface area contributed by atoms with E-state index in [-0.39, 0.29) is 0 Å². The molecule has 1 aromatic carbocycles. The van der Waals surface area contributed by atoms with Crippen LogP contribution in [-0.4, -0.2) is 19.7 Å². The summed E-state index contributed by atoms with van der Waals surface area (Å²) in [5.41, 5.74) is 2.25. The van der Waals surface area contributed by atoms with Gasteiger partial charge in [-0.3, -0.25) is 0 Å². The molecule has 4 rings (SSSR count). The zero-order chi connectivity index (χ0) is 17.1. The van der Waals surface area contributed by atoms with E-state index in [2.05, 4.69) is 49.8 Å². The number of hydrogen-bond donors (Lipinski definition) is 0. The van der Waals surface area contributed by atoms with E-state index in [1.54, 1.807) is 34.4 Å². The van der Waals surface area contributed by atoms with Crippen LogP contribution in [0, 0.1) is 0 Å². The Labute approximate surface area is 158 Å². The van der Waals surface area contributed by atoms with E-state index in [1.165, 1.54) is 10.4 Å². The lowest BCUT2D eigenvalue weighted by Crippen LogP contribution is -1.99. The van der Waals surface area contributed by atoms with Crippen LogP contribution in [0.2, 0.25) is 0 Å². The molecule has 0 aliphatic carbocycles. The van der Waals surface area contributed by atoms with Crippen molar-refractivity contribution in [3.05, 3.63) is 69.6 Å². The molecule has 0 unspecified atom stereocenters. The smallest absolute Gasteiger partial charge is 0.191 e. The number of rotatable bonds is 6. The highest BCUT2D eigenvalue weighted by molar-refractivity contribution is 7.98. The molecule has 3 heterocycles. The van der Waals surface area contributed by atoms with Crippen LogP contribution in [0.4, 0.5) is 0 Å². The molecule has 0 saturated carbocycles. The summed E-state index contributed by atoms with van der Waals surface area (Å²) in [6.07, 6.45) is 0.830. The minimum absolute atomic E-state index is 0.800. The van der Waals surface area contributed by atoms with Gasteiger partial charge in [0.15, 0.2) is 5.16 Å². The van der Waals surface area contributed by atoms with E-state index in [0.717, 1.165) is 33.9 Å². The van der Waals surface area contributed by atoms with Crippen molar-refractivity contribution < 1.29 is 0 Å². The monoisotopic (exact) mass is 384 g/mol. The number of thiazole rings is 1. The molecule has 0 aliphatic rings. The second-order valence-electron chi connectivity index (χ2n) is 5.51. The Morgan fingerprint density at radius 2 is 1.92 bits per heavy atom. The first-order valence-electron chi connectivity index (χ1n) is 7.83. The summed E-state index contributed by atoms with van der Waals surface area (Å²) in [5.74, 6) is 1.79. The van der Waals surface area contributed by atoms with Gasteiger partial charge in [-0.15, -0.1) is 32.9 Å². The van der Waals surface area contributed by atoms with Crippen LogP contribution in [0.3, 0.4) is 0 Å². The van der Waals surface area contributed by atoms with Crippen LogP contribution in [0.1, 0.15) is 16.4 Å². The third-order valence-electron chi connectivity index (χ3n) is 3.76. The normalized spacial score (nSPS) is 11.1. The van der Waals surface area contributed by atoms with Crippen molar-refractivity contribution in [2.75, 3.05) is 0 Å². The molecule has 4 nitrogen and oxygen atoms in total. The molecule has 0 bridgehead atoms. The quantitative estimate of drug-likeness (QED) is 0.444. The SMILES string of the molecule is Cn1c(Cc2cccs2)nnc1SCc1csc(-c2ccccc2)n1. The molecule has 0 aliphatic heterocycles. The molecule has 0 spiro atoms. The average molecular weight is 385 g/mol. The minimum atomic E-state index is 0.800. The first-order chi connectivity index (χ1) is 12.3. The molecule has 0 atom stereocenters.